The van der Waals surface area contributed by atoms with Gasteiger partial charge in [-0.2, -0.15) is 5.10 Å². The summed E-state index contributed by atoms with van der Waals surface area (Å²) in [4.78, 5) is 4.56. The van der Waals surface area contributed by atoms with Gasteiger partial charge in [-0.05, 0) is 42.0 Å². The van der Waals surface area contributed by atoms with Crippen molar-refractivity contribution in [1.82, 2.24) is 20.1 Å². The molecule has 4 nitrogen and oxygen atoms in total. The van der Waals surface area contributed by atoms with Gasteiger partial charge in [0.15, 0.2) is 0 Å². The number of halogens is 1. The molecule has 0 spiro atoms. The molecule has 0 aliphatic rings. The van der Waals surface area contributed by atoms with Crippen LogP contribution in [0.3, 0.4) is 0 Å². The van der Waals surface area contributed by atoms with E-state index in [0.29, 0.717) is 0 Å². The maximum Gasteiger partial charge on any atom is 0.0931 e. The summed E-state index contributed by atoms with van der Waals surface area (Å²) >= 11 is 3.52. The Bertz CT molecular complexity index is 501. The standard InChI is InChI=1S/C12H15BrN4/c1-8-5-4-6-10(16-8)11(14-2)12-9(13)7-15-17(12)3/h4-7,11,14H,1-3H3. The summed E-state index contributed by atoms with van der Waals surface area (Å²) in [6.07, 6.45) is 1.80. The molecule has 2 heterocycles. The fraction of sp³-hybridized carbons (Fsp3) is 0.333. The van der Waals surface area contributed by atoms with Crippen molar-refractivity contribution in [3.05, 3.63) is 46.0 Å². The van der Waals surface area contributed by atoms with Gasteiger partial charge in [0.25, 0.3) is 0 Å². The highest BCUT2D eigenvalue weighted by Gasteiger charge is 2.20. The molecular weight excluding hydrogens is 280 g/mol. The molecular formula is C12H15BrN4. The number of aryl methyl sites for hydroxylation is 2. The van der Waals surface area contributed by atoms with Crippen LogP contribution in [0.15, 0.2) is 28.9 Å². The highest BCUT2D eigenvalue weighted by Crippen LogP contribution is 2.26. The van der Waals surface area contributed by atoms with Crippen LogP contribution in [-0.4, -0.2) is 21.8 Å². The van der Waals surface area contributed by atoms with Crippen LogP contribution in [0.5, 0.6) is 0 Å². The molecule has 0 radical (unpaired) electrons. The predicted molar refractivity (Wildman–Crippen MR) is 70.8 cm³/mol. The molecule has 0 saturated carbocycles. The normalized spacial score (nSPS) is 12.7. The summed E-state index contributed by atoms with van der Waals surface area (Å²) in [5, 5.41) is 7.51. The molecule has 0 saturated heterocycles. The van der Waals surface area contributed by atoms with Gasteiger partial charge in [-0.1, -0.05) is 6.07 Å². The van der Waals surface area contributed by atoms with Gasteiger partial charge in [-0.15, -0.1) is 0 Å². The molecule has 5 heteroatoms. The van der Waals surface area contributed by atoms with Gasteiger partial charge < -0.3 is 5.32 Å². The van der Waals surface area contributed by atoms with Gasteiger partial charge in [-0.3, -0.25) is 9.67 Å². The fourth-order valence-corrected chi connectivity index (χ4v) is 2.47. The first-order chi connectivity index (χ1) is 8.13. The molecule has 0 aliphatic heterocycles. The van der Waals surface area contributed by atoms with Crippen molar-refractivity contribution in [3.63, 3.8) is 0 Å². The van der Waals surface area contributed by atoms with Gasteiger partial charge in [0.1, 0.15) is 0 Å². The molecule has 0 bridgehead atoms. The van der Waals surface area contributed by atoms with Gasteiger partial charge in [0.05, 0.1) is 28.1 Å². The van der Waals surface area contributed by atoms with Gasteiger partial charge >= 0.3 is 0 Å². The second kappa shape index (κ2) is 4.98. The minimum atomic E-state index is 0.0387. The zero-order valence-corrected chi connectivity index (χ0v) is 11.7. The summed E-state index contributed by atoms with van der Waals surface area (Å²) in [6, 6.07) is 6.07. The van der Waals surface area contributed by atoms with Crippen molar-refractivity contribution in [2.45, 2.75) is 13.0 Å². The van der Waals surface area contributed by atoms with E-state index in [1.54, 1.807) is 6.20 Å². The van der Waals surface area contributed by atoms with Crippen molar-refractivity contribution in [2.24, 2.45) is 7.05 Å². The highest BCUT2D eigenvalue weighted by atomic mass is 79.9. The lowest BCUT2D eigenvalue weighted by Gasteiger charge is -2.17. The third kappa shape index (κ3) is 2.40. The zero-order chi connectivity index (χ0) is 12.4. The zero-order valence-electron chi connectivity index (χ0n) is 10.1. The van der Waals surface area contributed by atoms with Gasteiger partial charge in [0, 0.05) is 12.7 Å². The molecule has 0 fully saturated rings. The molecule has 1 unspecified atom stereocenters. The first kappa shape index (κ1) is 12.3. The lowest BCUT2D eigenvalue weighted by molar-refractivity contribution is 0.591. The number of pyridine rings is 1. The predicted octanol–water partition coefficient (Wildman–Crippen LogP) is 2.19. The van der Waals surface area contributed by atoms with E-state index >= 15 is 0 Å². The number of aromatic nitrogens is 3. The number of hydrogen-bond acceptors (Lipinski definition) is 3. The van der Waals surface area contributed by atoms with Crippen LogP contribution in [0, 0.1) is 6.92 Å². The smallest absolute Gasteiger partial charge is 0.0931 e. The summed E-state index contributed by atoms with van der Waals surface area (Å²) in [6.45, 7) is 1.99. The molecule has 0 amide bonds. The summed E-state index contributed by atoms with van der Waals surface area (Å²) < 4.78 is 2.84. The maximum absolute atomic E-state index is 4.56. The second-order valence-electron chi connectivity index (χ2n) is 3.93. The van der Waals surface area contributed by atoms with Gasteiger partial charge in [0.2, 0.25) is 0 Å². The average molecular weight is 295 g/mol. The molecule has 0 aromatic carbocycles. The molecule has 17 heavy (non-hydrogen) atoms. The SMILES string of the molecule is CNC(c1cccc(C)n1)c1c(Br)cnn1C. The Hall–Kier alpha value is -1.20. The lowest BCUT2D eigenvalue weighted by Crippen LogP contribution is -2.22. The first-order valence-corrected chi connectivity index (χ1v) is 6.21. The van der Waals surface area contributed by atoms with E-state index in [2.05, 4.69) is 31.3 Å². The quantitative estimate of drug-likeness (QED) is 0.944. The Morgan fingerprint density at radius 1 is 1.41 bits per heavy atom. The molecule has 0 aliphatic carbocycles. The van der Waals surface area contributed by atoms with Crippen LogP contribution in [0.4, 0.5) is 0 Å². The minimum absolute atomic E-state index is 0.0387. The molecule has 90 valence electrons. The third-order valence-corrected chi connectivity index (χ3v) is 3.32. The van der Waals surface area contributed by atoms with Crippen LogP contribution in [0.25, 0.3) is 0 Å². The average Bonchev–Trinajstić information content (AvgIpc) is 2.62. The minimum Gasteiger partial charge on any atom is -0.307 e. The number of hydrogen-bond donors (Lipinski definition) is 1. The fourth-order valence-electron chi connectivity index (χ4n) is 1.89. The Labute approximate surface area is 109 Å². The largest absolute Gasteiger partial charge is 0.307 e. The van der Waals surface area contributed by atoms with E-state index in [-0.39, 0.29) is 6.04 Å². The van der Waals surface area contributed by atoms with E-state index in [1.807, 2.05) is 43.9 Å². The Balaban J connectivity index is 2.47. The van der Waals surface area contributed by atoms with E-state index < -0.39 is 0 Å². The number of nitrogens with one attached hydrogen (secondary N) is 1. The lowest BCUT2D eigenvalue weighted by atomic mass is 10.1. The van der Waals surface area contributed by atoms with E-state index in [4.69, 9.17) is 0 Å². The van der Waals surface area contributed by atoms with E-state index in [9.17, 15) is 0 Å². The molecule has 1 atom stereocenters. The van der Waals surface area contributed by atoms with Crippen LogP contribution in [-0.2, 0) is 7.05 Å². The Morgan fingerprint density at radius 3 is 2.71 bits per heavy atom. The third-order valence-electron chi connectivity index (χ3n) is 2.71. The summed E-state index contributed by atoms with van der Waals surface area (Å²) in [7, 11) is 3.86. The van der Waals surface area contributed by atoms with Crippen molar-refractivity contribution >= 4 is 15.9 Å². The second-order valence-corrected chi connectivity index (χ2v) is 4.78. The molecule has 1 N–H and O–H groups in total. The van der Waals surface area contributed by atoms with Crippen LogP contribution < -0.4 is 5.32 Å². The Morgan fingerprint density at radius 2 is 2.18 bits per heavy atom. The Kier molecular flexibility index (Phi) is 3.59. The maximum atomic E-state index is 4.56. The van der Waals surface area contributed by atoms with Crippen molar-refractivity contribution in [3.8, 4) is 0 Å². The summed E-state index contributed by atoms with van der Waals surface area (Å²) in [5.74, 6) is 0. The van der Waals surface area contributed by atoms with E-state index in [1.165, 1.54) is 0 Å². The molecule has 2 aromatic heterocycles. The topological polar surface area (TPSA) is 42.7 Å². The van der Waals surface area contributed by atoms with Crippen molar-refractivity contribution in [2.75, 3.05) is 7.05 Å². The van der Waals surface area contributed by atoms with Gasteiger partial charge in [-0.25, -0.2) is 0 Å². The molecule has 2 rings (SSSR count). The van der Waals surface area contributed by atoms with Crippen LogP contribution in [0.2, 0.25) is 0 Å². The molecule has 2 aromatic rings. The van der Waals surface area contributed by atoms with Crippen LogP contribution >= 0.6 is 15.9 Å². The summed E-state index contributed by atoms with van der Waals surface area (Å²) in [5.41, 5.74) is 3.09. The number of nitrogens with zero attached hydrogens (tertiary/aromatic N) is 3. The first-order valence-electron chi connectivity index (χ1n) is 5.41. The van der Waals surface area contributed by atoms with Crippen molar-refractivity contribution in [1.29, 1.82) is 0 Å². The monoisotopic (exact) mass is 294 g/mol. The van der Waals surface area contributed by atoms with Crippen LogP contribution in [0.1, 0.15) is 23.1 Å². The number of rotatable bonds is 3. The van der Waals surface area contributed by atoms with E-state index in [0.717, 1.165) is 21.6 Å². The van der Waals surface area contributed by atoms with Crippen molar-refractivity contribution < 1.29 is 0 Å². The highest BCUT2D eigenvalue weighted by molar-refractivity contribution is 9.10.